The maximum atomic E-state index is 10.6. The van der Waals surface area contributed by atoms with E-state index >= 15 is 0 Å². The Labute approximate surface area is 507 Å². The van der Waals surface area contributed by atoms with E-state index in [0.29, 0.717) is 25.2 Å². The van der Waals surface area contributed by atoms with Crippen molar-refractivity contribution in [1.82, 2.24) is 10.3 Å². The van der Waals surface area contributed by atoms with Gasteiger partial charge in [-0.25, -0.2) is 0 Å². The second kappa shape index (κ2) is 48.9. The van der Waals surface area contributed by atoms with Gasteiger partial charge in [0.25, 0.3) is 0 Å². The summed E-state index contributed by atoms with van der Waals surface area (Å²) in [6.45, 7) is 8.03. The van der Waals surface area contributed by atoms with Gasteiger partial charge in [0, 0.05) is 35.7 Å². The zero-order chi connectivity index (χ0) is 68.1. The monoisotopic (exact) mass is 1260 g/mol. The van der Waals surface area contributed by atoms with Crippen LogP contribution in [0.2, 0.25) is 0 Å². The summed E-state index contributed by atoms with van der Waals surface area (Å²) in [7, 11) is 0. The molecule has 2 heterocycles. The molecule has 0 radical (unpaired) electrons. The van der Waals surface area contributed by atoms with Crippen LogP contribution in [0.25, 0.3) is 10.9 Å². The molecule has 1 aliphatic rings. The molecule has 32 heteroatoms. The Kier molecular flexibility index (Phi) is 47.8. The van der Waals surface area contributed by atoms with Crippen molar-refractivity contribution in [3.05, 3.63) is 102 Å². The predicted octanol–water partition coefficient (Wildman–Crippen LogP) is 0.0525. The van der Waals surface area contributed by atoms with Crippen LogP contribution in [0, 0.1) is 11.8 Å². The summed E-state index contributed by atoms with van der Waals surface area (Å²) in [5.74, 6) is -8.96. The molecule has 0 aliphatic carbocycles. The molecule has 3 aromatic carbocycles. The van der Waals surface area contributed by atoms with Gasteiger partial charge in [0.2, 0.25) is 0 Å². The number of carbonyl (C=O) groups is 10. The predicted molar refractivity (Wildman–Crippen MR) is 324 cm³/mol. The van der Waals surface area contributed by atoms with Gasteiger partial charge in [0.05, 0.1) is 6.54 Å². The van der Waals surface area contributed by atoms with E-state index < -0.39 is 102 Å². The number of phenols is 1. The lowest BCUT2D eigenvalue weighted by atomic mass is 10.1. The highest BCUT2D eigenvalue weighted by Crippen LogP contribution is 2.19. The molecule has 490 valence electrons. The number of aromatic nitrogens is 1. The number of rotatable bonds is 22. The van der Waals surface area contributed by atoms with Crippen LogP contribution >= 0.6 is 12.6 Å². The van der Waals surface area contributed by atoms with Gasteiger partial charge >= 0.3 is 59.7 Å². The molecule has 0 bridgehead atoms. The highest BCUT2D eigenvalue weighted by molar-refractivity contribution is 7.80. The second-order valence-corrected chi connectivity index (χ2v) is 19.6. The summed E-state index contributed by atoms with van der Waals surface area (Å²) in [6.07, 6.45) is 4.93. The minimum absolute atomic E-state index is 0.0208. The number of hydrogen-bond acceptors (Lipinski definition) is 21. The number of hydrogen-bond donors (Lipinski definition) is 22. The van der Waals surface area contributed by atoms with Gasteiger partial charge in [-0.15, -0.1) is 0 Å². The Morgan fingerprint density at radius 3 is 1.28 bits per heavy atom. The van der Waals surface area contributed by atoms with Gasteiger partial charge < -0.3 is 112 Å². The Hall–Kier alpha value is -8.31. The third kappa shape index (κ3) is 46.6. The molecule has 1 fully saturated rings. The van der Waals surface area contributed by atoms with Crippen molar-refractivity contribution in [2.24, 2.45) is 57.7 Å². The molecule has 7 unspecified atom stereocenters. The standard InChI is InChI=1S/C11H12N2O2.C9H11NO3.C9H11NO2.C6H13NO2.C5H9NO4.C5H9NO2.C5H11NO2.C3H7NO2S.C2H5NO2/c12-9(11(14)15)5-7-6-13-10-4-2-1-3-8(7)10;10-8(9(12)13)5-6-1-3-7(11)4-2-6;10-8(9(11)12)6-7-4-2-1-3-5-7;1-4(2)3-5(7)6(8)9;6-3(5(9)10)1-2-4(7)8;7-5(8)4-2-1-3-6-4;1-3(2)4(6)5(7)8;4-2(1-7)3(5)6;3-1-2(4)5/h1-4,6,9,13H,5,12H2,(H,14,15);1-4,8,11H,5,10H2,(H,12,13);1-5,8H,6,10H2,(H,11,12);4-5H,3,7H2,1-2H3,(H,8,9);3H,1-2,6H2,(H,7,8)(H,9,10);4,6H,1-3H2,(H,7,8);3-4H,6H2,1-2H3,(H,7,8);2,7H,1,4H2,(H,5,6);1,3H2,(H,4,5)/t;;;;;4-;;;/m.....0.../s1. The first-order valence-electron chi connectivity index (χ1n) is 26.3. The summed E-state index contributed by atoms with van der Waals surface area (Å²) in [6, 6.07) is 17.3. The number of aromatic amines is 1. The topological polar surface area (TPSA) is 629 Å². The Morgan fingerprint density at radius 1 is 0.540 bits per heavy atom. The van der Waals surface area contributed by atoms with Crippen LogP contribution in [-0.2, 0) is 67.2 Å². The van der Waals surface area contributed by atoms with E-state index in [-0.39, 0.29) is 49.3 Å². The van der Waals surface area contributed by atoms with E-state index in [1.807, 2.05) is 74.6 Å². The summed E-state index contributed by atoms with van der Waals surface area (Å²) < 4.78 is 0. The van der Waals surface area contributed by atoms with Crippen LogP contribution < -0.4 is 51.2 Å². The van der Waals surface area contributed by atoms with Gasteiger partial charge in [-0.2, -0.15) is 12.6 Å². The fourth-order valence-corrected chi connectivity index (χ4v) is 5.98. The molecule has 87 heavy (non-hydrogen) atoms. The van der Waals surface area contributed by atoms with Gasteiger partial charge in [-0.05, 0) is 91.8 Å². The first-order valence-corrected chi connectivity index (χ1v) is 27.0. The number of nitrogens with one attached hydrogen (secondary N) is 2. The fourth-order valence-electron chi connectivity index (χ4n) is 5.82. The average Bonchev–Trinajstić information content (AvgIpc) is 2.68. The van der Waals surface area contributed by atoms with Crippen LogP contribution in [0.1, 0.15) is 76.5 Å². The van der Waals surface area contributed by atoms with Gasteiger partial charge in [-0.3, -0.25) is 47.9 Å². The number of carboxylic acid groups (broad SMARTS) is 10. The molecule has 1 aliphatic heterocycles. The number of aliphatic carboxylic acids is 10. The maximum Gasteiger partial charge on any atom is 0.321 e. The fraction of sp³-hybridized carbons (Fsp3) is 0.455. The second-order valence-electron chi connectivity index (χ2n) is 19.2. The summed E-state index contributed by atoms with van der Waals surface area (Å²) in [5.41, 5.74) is 44.7. The van der Waals surface area contributed by atoms with Crippen molar-refractivity contribution in [1.29, 1.82) is 0 Å². The van der Waals surface area contributed by atoms with E-state index in [4.69, 9.17) is 96.3 Å². The lowest BCUT2D eigenvalue weighted by molar-refractivity contribution is -0.141. The third-order valence-corrected chi connectivity index (χ3v) is 11.2. The lowest BCUT2D eigenvalue weighted by Crippen LogP contribution is -2.34. The normalized spacial score (nSPS) is 14.0. The molecule has 0 spiro atoms. The van der Waals surface area contributed by atoms with Gasteiger partial charge in [-0.1, -0.05) is 88.4 Å². The number of H-pyrrole nitrogens is 1. The SMILES string of the molecule is CC(C)C(N)C(=O)O.CC(C)CC(N)C(=O)O.NC(CCC(=O)O)C(=O)O.NC(CS)C(=O)O.NC(Cc1c[nH]c2ccccc12)C(=O)O.NC(Cc1ccc(O)cc1)C(=O)O.NC(Cc1ccccc1)C(=O)O.NCC(=O)O.O=C(O)[C@@H]1CCCN1. The molecule has 1 aromatic heterocycles. The minimum atomic E-state index is -1.17. The van der Waals surface area contributed by atoms with E-state index in [2.05, 4.69) is 28.7 Å². The number of carboxylic acids is 10. The summed E-state index contributed by atoms with van der Waals surface area (Å²) in [5, 5.41) is 95.4. The molecule has 5 rings (SSSR count). The van der Waals surface area contributed by atoms with E-state index in [1.165, 1.54) is 12.1 Å². The number of fused-ring (bicyclic) bond motifs is 1. The van der Waals surface area contributed by atoms with Crippen LogP contribution in [0.5, 0.6) is 5.75 Å². The molecule has 0 amide bonds. The van der Waals surface area contributed by atoms with Crippen LogP contribution in [-0.4, -0.2) is 188 Å². The zero-order valence-electron chi connectivity index (χ0n) is 48.7. The van der Waals surface area contributed by atoms with E-state index in [0.717, 1.165) is 47.0 Å². The molecule has 0 saturated carbocycles. The number of thiol groups is 1. The van der Waals surface area contributed by atoms with Gasteiger partial charge in [0.15, 0.2) is 0 Å². The lowest BCUT2D eigenvalue weighted by Gasteiger charge is -2.07. The molecule has 8 atom stereocenters. The number of phenolic OH excluding ortho intramolecular Hbond substituents is 1. The minimum Gasteiger partial charge on any atom is -0.508 e. The molecule has 29 N–H and O–H groups in total. The molecule has 1 saturated heterocycles. The number of benzene rings is 3. The molecular weight excluding hydrogens is 1170 g/mol. The number of nitrogens with two attached hydrogens (primary N) is 8. The van der Waals surface area contributed by atoms with Crippen molar-refractivity contribution >= 4 is 83.2 Å². The first kappa shape index (κ1) is 85.1. The average molecular weight is 1260 g/mol. The van der Waals surface area contributed by atoms with Gasteiger partial charge in [0.1, 0.15) is 54.1 Å². The summed E-state index contributed by atoms with van der Waals surface area (Å²) in [4.78, 5) is 104. The number of para-hydroxylation sites is 1. The van der Waals surface area contributed by atoms with Crippen LogP contribution in [0.15, 0.2) is 85.1 Å². The highest BCUT2D eigenvalue weighted by atomic mass is 32.1. The highest BCUT2D eigenvalue weighted by Gasteiger charge is 2.21. The smallest absolute Gasteiger partial charge is 0.321 e. The Bertz CT molecular complexity index is 2630. The Morgan fingerprint density at radius 2 is 0.966 bits per heavy atom. The molecular formula is C55H88N10O21S. The quantitative estimate of drug-likeness (QED) is 0.0462. The third-order valence-electron chi connectivity index (χ3n) is 10.8. The molecule has 31 nitrogen and oxygen atoms in total. The molecule has 4 aromatic rings. The van der Waals surface area contributed by atoms with Crippen molar-refractivity contribution in [3.63, 3.8) is 0 Å². The van der Waals surface area contributed by atoms with Crippen LogP contribution in [0.3, 0.4) is 0 Å². The van der Waals surface area contributed by atoms with Crippen molar-refractivity contribution in [2.45, 2.75) is 127 Å². The zero-order valence-corrected chi connectivity index (χ0v) is 49.6. The first-order chi connectivity index (χ1) is 40.4. The van der Waals surface area contributed by atoms with Crippen molar-refractivity contribution in [2.75, 3.05) is 18.8 Å². The van der Waals surface area contributed by atoms with E-state index in [9.17, 15) is 47.9 Å². The van der Waals surface area contributed by atoms with Crippen LogP contribution in [0.4, 0.5) is 0 Å². The Balaban J connectivity index is -0.000000453. The largest absolute Gasteiger partial charge is 0.508 e. The summed E-state index contributed by atoms with van der Waals surface area (Å²) >= 11 is 3.65. The maximum absolute atomic E-state index is 10.6. The number of aromatic hydroxyl groups is 1. The van der Waals surface area contributed by atoms with E-state index in [1.54, 1.807) is 26.0 Å². The van der Waals surface area contributed by atoms with Crippen molar-refractivity contribution < 1.29 is 104 Å². The van der Waals surface area contributed by atoms with Crippen molar-refractivity contribution in [3.8, 4) is 5.75 Å².